The molecule has 1 aromatic carbocycles. The highest BCUT2D eigenvalue weighted by Gasteiger charge is 2.29. The molecule has 100 valence electrons. The molecule has 0 aromatic heterocycles. The second kappa shape index (κ2) is 5.38. The van der Waals surface area contributed by atoms with Crippen molar-refractivity contribution in [2.75, 3.05) is 20.2 Å². The van der Waals surface area contributed by atoms with Crippen LogP contribution in [0, 0.1) is 6.92 Å². The van der Waals surface area contributed by atoms with Gasteiger partial charge in [-0.3, -0.25) is 0 Å². The first-order valence-corrected chi connectivity index (χ1v) is 7.57. The number of aryl methyl sites for hydroxylation is 1. The normalized spacial score (nSPS) is 19.0. The van der Waals surface area contributed by atoms with Crippen LogP contribution in [-0.2, 0) is 14.8 Å². The lowest BCUT2D eigenvalue weighted by Gasteiger charge is -2.30. The minimum absolute atomic E-state index is 0.189. The van der Waals surface area contributed by atoms with E-state index < -0.39 is 10.0 Å². The average molecular weight is 269 g/mol. The summed E-state index contributed by atoms with van der Waals surface area (Å²) in [6.45, 7) is 2.97. The molecule has 1 fully saturated rings. The van der Waals surface area contributed by atoms with Crippen molar-refractivity contribution in [3.8, 4) is 0 Å². The predicted octanol–water partition coefficient (Wildman–Crippen LogP) is 1.79. The van der Waals surface area contributed by atoms with Crippen LogP contribution in [0.1, 0.15) is 18.4 Å². The Morgan fingerprint density at radius 1 is 1.28 bits per heavy atom. The molecule has 0 amide bonds. The molecule has 2 rings (SSSR count). The van der Waals surface area contributed by atoms with Gasteiger partial charge >= 0.3 is 0 Å². The highest BCUT2D eigenvalue weighted by molar-refractivity contribution is 7.89. The largest absolute Gasteiger partial charge is 0.381 e. The molecule has 0 spiro atoms. The van der Waals surface area contributed by atoms with Gasteiger partial charge in [0.1, 0.15) is 0 Å². The number of hydrogen-bond acceptors (Lipinski definition) is 3. The van der Waals surface area contributed by atoms with Crippen LogP contribution in [0.25, 0.3) is 0 Å². The Labute approximate surface area is 109 Å². The molecule has 1 saturated heterocycles. The molecule has 1 heterocycles. The Morgan fingerprint density at radius 2 is 1.94 bits per heavy atom. The van der Waals surface area contributed by atoms with Gasteiger partial charge in [-0.1, -0.05) is 12.1 Å². The number of sulfonamides is 1. The first-order chi connectivity index (χ1) is 8.54. The van der Waals surface area contributed by atoms with Gasteiger partial charge in [-0.05, 0) is 37.5 Å². The third-order valence-electron chi connectivity index (χ3n) is 3.36. The minimum Gasteiger partial charge on any atom is -0.381 e. The van der Waals surface area contributed by atoms with E-state index in [1.165, 1.54) is 0 Å². The number of nitrogens with zero attached hydrogens (tertiary/aromatic N) is 1. The Morgan fingerprint density at radius 3 is 2.50 bits per heavy atom. The molecule has 0 atom stereocenters. The standard InChI is InChI=1S/C13H19NO3S/c1-11-4-3-5-13(10-11)18(15,16)14-8-6-12(17-2)7-9-14/h3-5,10,12H,6-9H2,1-2H3. The SMILES string of the molecule is COC1CCN(S(=O)(=O)c2cccc(C)c2)CC1. The topological polar surface area (TPSA) is 46.6 Å². The Kier molecular flexibility index (Phi) is 4.04. The zero-order chi connectivity index (χ0) is 13.2. The van der Waals surface area contributed by atoms with Crippen LogP contribution >= 0.6 is 0 Å². The highest BCUT2D eigenvalue weighted by Crippen LogP contribution is 2.22. The molecule has 1 aliphatic rings. The molecule has 0 saturated carbocycles. The second-order valence-corrected chi connectivity index (χ2v) is 6.59. The summed E-state index contributed by atoms with van der Waals surface area (Å²) >= 11 is 0. The lowest BCUT2D eigenvalue weighted by molar-refractivity contribution is 0.0604. The van der Waals surface area contributed by atoms with Gasteiger partial charge in [-0.2, -0.15) is 4.31 Å². The molecular formula is C13H19NO3S. The van der Waals surface area contributed by atoms with E-state index in [9.17, 15) is 8.42 Å². The Balaban J connectivity index is 2.17. The molecule has 0 unspecified atom stereocenters. The Hall–Kier alpha value is -0.910. The summed E-state index contributed by atoms with van der Waals surface area (Å²) in [6.07, 6.45) is 1.72. The van der Waals surface area contributed by atoms with Crippen molar-refractivity contribution in [1.29, 1.82) is 0 Å². The van der Waals surface area contributed by atoms with Crippen LogP contribution in [0.5, 0.6) is 0 Å². The third-order valence-corrected chi connectivity index (χ3v) is 5.26. The van der Waals surface area contributed by atoms with Crippen molar-refractivity contribution in [3.05, 3.63) is 29.8 Å². The number of piperidine rings is 1. The quantitative estimate of drug-likeness (QED) is 0.840. The molecule has 1 aliphatic heterocycles. The maximum Gasteiger partial charge on any atom is 0.243 e. The first-order valence-electron chi connectivity index (χ1n) is 6.13. The smallest absolute Gasteiger partial charge is 0.243 e. The summed E-state index contributed by atoms with van der Waals surface area (Å²) in [7, 11) is -1.66. The number of hydrogen-bond donors (Lipinski definition) is 0. The van der Waals surface area contributed by atoms with Gasteiger partial charge in [0.05, 0.1) is 11.0 Å². The van der Waals surface area contributed by atoms with Crippen molar-refractivity contribution in [3.63, 3.8) is 0 Å². The molecule has 4 nitrogen and oxygen atoms in total. The number of benzene rings is 1. The molecule has 18 heavy (non-hydrogen) atoms. The van der Waals surface area contributed by atoms with Crippen LogP contribution in [0.2, 0.25) is 0 Å². The summed E-state index contributed by atoms with van der Waals surface area (Å²) in [5.41, 5.74) is 0.961. The maximum atomic E-state index is 12.4. The monoisotopic (exact) mass is 269 g/mol. The van der Waals surface area contributed by atoms with Crippen LogP contribution in [0.3, 0.4) is 0 Å². The van der Waals surface area contributed by atoms with Crippen LogP contribution in [0.15, 0.2) is 29.2 Å². The minimum atomic E-state index is -3.34. The molecule has 0 bridgehead atoms. The molecule has 0 aliphatic carbocycles. The van der Waals surface area contributed by atoms with E-state index in [0.717, 1.165) is 18.4 Å². The predicted molar refractivity (Wildman–Crippen MR) is 70.0 cm³/mol. The summed E-state index contributed by atoms with van der Waals surface area (Å²) < 4.78 is 31.6. The summed E-state index contributed by atoms with van der Waals surface area (Å²) in [5.74, 6) is 0. The fourth-order valence-corrected chi connectivity index (χ4v) is 3.81. The van der Waals surface area contributed by atoms with Gasteiger partial charge in [0.15, 0.2) is 0 Å². The van der Waals surface area contributed by atoms with Crippen molar-refractivity contribution in [2.45, 2.75) is 30.8 Å². The number of ether oxygens (including phenoxy) is 1. The van der Waals surface area contributed by atoms with Crippen LogP contribution in [0.4, 0.5) is 0 Å². The second-order valence-electron chi connectivity index (χ2n) is 4.66. The van der Waals surface area contributed by atoms with E-state index in [2.05, 4.69) is 0 Å². The maximum absolute atomic E-state index is 12.4. The van der Waals surface area contributed by atoms with E-state index in [4.69, 9.17) is 4.74 Å². The van der Waals surface area contributed by atoms with Gasteiger partial charge in [-0.15, -0.1) is 0 Å². The van der Waals surface area contributed by atoms with E-state index in [-0.39, 0.29) is 6.10 Å². The zero-order valence-corrected chi connectivity index (χ0v) is 11.6. The van der Waals surface area contributed by atoms with Gasteiger partial charge in [-0.25, -0.2) is 8.42 Å². The zero-order valence-electron chi connectivity index (χ0n) is 10.8. The molecular weight excluding hydrogens is 250 g/mol. The lowest BCUT2D eigenvalue weighted by atomic mass is 10.1. The number of methoxy groups -OCH3 is 1. The van der Waals surface area contributed by atoms with Crippen molar-refractivity contribution in [1.82, 2.24) is 4.31 Å². The Bertz CT molecular complexity index is 505. The highest BCUT2D eigenvalue weighted by atomic mass is 32.2. The summed E-state index contributed by atoms with van der Waals surface area (Å²) in [4.78, 5) is 0.387. The van der Waals surface area contributed by atoms with E-state index in [0.29, 0.717) is 18.0 Å². The van der Waals surface area contributed by atoms with Gasteiger partial charge in [0, 0.05) is 20.2 Å². The molecule has 5 heteroatoms. The third kappa shape index (κ3) is 2.74. The van der Waals surface area contributed by atoms with E-state index in [1.54, 1.807) is 29.6 Å². The van der Waals surface area contributed by atoms with Gasteiger partial charge in [0.25, 0.3) is 0 Å². The first kappa shape index (κ1) is 13.5. The summed E-state index contributed by atoms with van der Waals surface area (Å²) in [5, 5.41) is 0. The molecule has 0 radical (unpaired) electrons. The van der Waals surface area contributed by atoms with Crippen LogP contribution in [-0.4, -0.2) is 39.0 Å². The van der Waals surface area contributed by atoms with Gasteiger partial charge < -0.3 is 4.74 Å². The van der Waals surface area contributed by atoms with Crippen molar-refractivity contribution in [2.24, 2.45) is 0 Å². The van der Waals surface area contributed by atoms with Crippen molar-refractivity contribution < 1.29 is 13.2 Å². The lowest BCUT2D eigenvalue weighted by Crippen LogP contribution is -2.40. The average Bonchev–Trinajstić information content (AvgIpc) is 2.39. The number of rotatable bonds is 3. The molecule has 0 N–H and O–H groups in total. The summed E-state index contributed by atoms with van der Waals surface area (Å²) in [6, 6.07) is 7.06. The fraction of sp³-hybridized carbons (Fsp3) is 0.538. The van der Waals surface area contributed by atoms with E-state index >= 15 is 0 Å². The molecule has 1 aromatic rings. The van der Waals surface area contributed by atoms with E-state index in [1.807, 2.05) is 13.0 Å². The van der Waals surface area contributed by atoms with Crippen molar-refractivity contribution >= 4 is 10.0 Å². The van der Waals surface area contributed by atoms with Gasteiger partial charge in [0.2, 0.25) is 10.0 Å². The fourth-order valence-electron chi connectivity index (χ4n) is 2.23. The van der Waals surface area contributed by atoms with Crippen LogP contribution < -0.4 is 0 Å².